The van der Waals surface area contributed by atoms with Crippen LogP contribution in [-0.2, 0) is 0 Å². The predicted octanol–water partition coefficient (Wildman–Crippen LogP) is 3.08. The van der Waals surface area contributed by atoms with Gasteiger partial charge in [-0.05, 0) is 53.6 Å². The SMILES string of the molecule is CN(C)CC(C)(C)CNc1ccc(C(N)=S)c(Br)c1. The maximum Gasteiger partial charge on any atom is 0.105 e. The molecule has 0 aliphatic carbocycles. The van der Waals surface area contributed by atoms with Crippen LogP contribution in [0.5, 0.6) is 0 Å². The second kappa shape index (κ2) is 6.68. The van der Waals surface area contributed by atoms with Gasteiger partial charge in [0.2, 0.25) is 0 Å². The molecule has 5 heteroatoms. The van der Waals surface area contributed by atoms with Gasteiger partial charge in [0.25, 0.3) is 0 Å². The van der Waals surface area contributed by atoms with Gasteiger partial charge in [-0.3, -0.25) is 0 Å². The summed E-state index contributed by atoms with van der Waals surface area (Å²) in [6.07, 6.45) is 0. The third-order valence-electron chi connectivity index (χ3n) is 2.75. The normalized spacial score (nSPS) is 11.7. The van der Waals surface area contributed by atoms with E-state index in [1.54, 1.807) is 0 Å². The van der Waals surface area contributed by atoms with Crippen LogP contribution in [0.15, 0.2) is 22.7 Å². The fraction of sp³-hybridized carbons (Fsp3) is 0.500. The molecule has 0 saturated carbocycles. The lowest BCUT2D eigenvalue weighted by Crippen LogP contribution is -2.34. The van der Waals surface area contributed by atoms with E-state index in [1.807, 2.05) is 18.2 Å². The van der Waals surface area contributed by atoms with Gasteiger partial charge in [0.15, 0.2) is 0 Å². The third kappa shape index (κ3) is 5.47. The van der Waals surface area contributed by atoms with Crippen LogP contribution >= 0.6 is 28.1 Å². The van der Waals surface area contributed by atoms with Crippen molar-refractivity contribution in [3.63, 3.8) is 0 Å². The predicted molar refractivity (Wildman–Crippen MR) is 90.9 cm³/mol. The molecular weight excluding hydrogens is 322 g/mol. The van der Waals surface area contributed by atoms with Crippen molar-refractivity contribution in [1.82, 2.24) is 4.90 Å². The smallest absolute Gasteiger partial charge is 0.105 e. The standard InChI is InChI=1S/C14H22BrN3S/c1-14(2,9-18(3)4)8-17-10-5-6-11(13(16)19)12(15)7-10/h5-7,17H,8-9H2,1-4H3,(H2,16,19). The molecular formula is C14H22BrN3S. The van der Waals surface area contributed by atoms with Gasteiger partial charge in [-0.15, -0.1) is 0 Å². The van der Waals surface area contributed by atoms with E-state index in [0.29, 0.717) is 4.99 Å². The zero-order chi connectivity index (χ0) is 14.6. The number of nitrogens with two attached hydrogens (primary N) is 1. The Hall–Kier alpha value is -0.650. The molecule has 0 saturated heterocycles. The second-order valence-corrected chi connectivity index (χ2v) is 7.11. The van der Waals surface area contributed by atoms with Gasteiger partial charge in [0.1, 0.15) is 4.99 Å². The number of hydrogen-bond acceptors (Lipinski definition) is 3. The van der Waals surface area contributed by atoms with Gasteiger partial charge in [-0.1, -0.05) is 26.1 Å². The first-order chi connectivity index (χ1) is 8.71. The Bertz CT molecular complexity index is 458. The van der Waals surface area contributed by atoms with Crippen LogP contribution in [0.1, 0.15) is 19.4 Å². The largest absolute Gasteiger partial charge is 0.389 e. The van der Waals surface area contributed by atoms with E-state index in [4.69, 9.17) is 18.0 Å². The molecule has 0 aliphatic heterocycles. The van der Waals surface area contributed by atoms with E-state index < -0.39 is 0 Å². The first kappa shape index (κ1) is 16.4. The molecule has 1 aromatic rings. The quantitative estimate of drug-likeness (QED) is 0.779. The first-order valence-electron chi connectivity index (χ1n) is 6.19. The number of hydrogen-bond donors (Lipinski definition) is 2. The highest BCUT2D eigenvalue weighted by Crippen LogP contribution is 2.23. The molecule has 0 radical (unpaired) electrons. The highest BCUT2D eigenvalue weighted by atomic mass is 79.9. The van der Waals surface area contributed by atoms with Crippen LogP contribution in [0.25, 0.3) is 0 Å². The van der Waals surface area contributed by atoms with Crippen molar-refractivity contribution in [2.24, 2.45) is 11.1 Å². The number of nitrogens with one attached hydrogen (secondary N) is 1. The molecule has 106 valence electrons. The number of rotatable bonds is 6. The number of nitrogens with zero attached hydrogens (tertiary/aromatic N) is 1. The summed E-state index contributed by atoms with van der Waals surface area (Å²) in [4.78, 5) is 2.61. The maximum absolute atomic E-state index is 5.64. The van der Waals surface area contributed by atoms with E-state index >= 15 is 0 Å². The minimum absolute atomic E-state index is 0.206. The van der Waals surface area contributed by atoms with E-state index in [1.165, 1.54) is 0 Å². The Morgan fingerprint density at radius 2 is 2.05 bits per heavy atom. The summed E-state index contributed by atoms with van der Waals surface area (Å²) in [6.45, 7) is 6.44. The summed E-state index contributed by atoms with van der Waals surface area (Å²) in [5.74, 6) is 0. The minimum atomic E-state index is 0.206. The zero-order valence-corrected chi connectivity index (χ0v) is 14.4. The minimum Gasteiger partial charge on any atom is -0.389 e. The van der Waals surface area contributed by atoms with Crippen molar-refractivity contribution >= 4 is 38.8 Å². The monoisotopic (exact) mass is 343 g/mol. The van der Waals surface area contributed by atoms with Crippen LogP contribution in [0.2, 0.25) is 0 Å². The van der Waals surface area contributed by atoms with Crippen molar-refractivity contribution in [1.29, 1.82) is 0 Å². The molecule has 0 bridgehead atoms. The van der Waals surface area contributed by atoms with Crippen LogP contribution < -0.4 is 11.1 Å². The fourth-order valence-corrected chi connectivity index (χ4v) is 2.98. The Labute approximate surface area is 129 Å². The Morgan fingerprint density at radius 1 is 1.42 bits per heavy atom. The summed E-state index contributed by atoms with van der Waals surface area (Å²) in [5, 5.41) is 3.46. The van der Waals surface area contributed by atoms with E-state index in [9.17, 15) is 0 Å². The Balaban J connectivity index is 2.69. The van der Waals surface area contributed by atoms with Crippen molar-refractivity contribution in [3.05, 3.63) is 28.2 Å². The van der Waals surface area contributed by atoms with Crippen LogP contribution in [0, 0.1) is 5.41 Å². The van der Waals surface area contributed by atoms with Crippen LogP contribution in [0.3, 0.4) is 0 Å². The molecule has 0 fully saturated rings. The summed E-state index contributed by atoms with van der Waals surface area (Å²) < 4.78 is 0.926. The molecule has 3 nitrogen and oxygen atoms in total. The van der Waals surface area contributed by atoms with Crippen molar-refractivity contribution in [2.45, 2.75) is 13.8 Å². The van der Waals surface area contributed by atoms with Crippen molar-refractivity contribution in [2.75, 3.05) is 32.5 Å². The Kier molecular flexibility index (Phi) is 5.77. The van der Waals surface area contributed by atoms with Crippen molar-refractivity contribution in [3.8, 4) is 0 Å². The van der Waals surface area contributed by atoms with Gasteiger partial charge in [-0.25, -0.2) is 0 Å². The average Bonchev–Trinajstić information content (AvgIpc) is 2.24. The number of thiocarbonyl (C=S) groups is 1. The number of anilines is 1. The van der Waals surface area contributed by atoms with Gasteiger partial charge >= 0.3 is 0 Å². The highest BCUT2D eigenvalue weighted by molar-refractivity contribution is 9.10. The molecule has 0 amide bonds. The lowest BCUT2D eigenvalue weighted by Gasteiger charge is -2.29. The van der Waals surface area contributed by atoms with Crippen molar-refractivity contribution < 1.29 is 0 Å². The second-order valence-electron chi connectivity index (χ2n) is 5.81. The molecule has 0 aliphatic rings. The third-order valence-corrected chi connectivity index (χ3v) is 3.63. The summed E-state index contributed by atoms with van der Waals surface area (Å²) in [7, 11) is 4.19. The lowest BCUT2D eigenvalue weighted by molar-refractivity contribution is 0.254. The summed E-state index contributed by atoms with van der Waals surface area (Å²) >= 11 is 8.48. The maximum atomic E-state index is 5.64. The summed E-state index contributed by atoms with van der Waals surface area (Å²) in [5.41, 5.74) is 7.78. The molecule has 19 heavy (non-hydrogen) atoms. The first-order valence-corrected chi connectivity index (χ1v) is 7.39. The average molecular weight is 344 g/mol. The molecule has 1 aromatic carbocycles. The number of benzene rings is 1. The molecule has 3 N–H and O–H groups in total. The van der Waals surface area contributed by atoms with Crippen LogP contribution in [0.4, 0.5) is 5.69 Å². The molecule has 0 spiro atoms. The molecule has 0 heterocycles. The molecule has 0 unspecified atom stereocenters. The Morgan fingerprint density at radius 3 is 2.53 bits per heavy atom. The van der Waals surface area contributed by atoms with Gasteiger partial charge in [0.05, 0.1) is 0 Å². The summed E-state index contributed by atoms with van der Waals surface area (Å²) in [6, 6.07) is 5.96. The van der Waals surface area contributed by atoms with Gasteiger partial charge in [-0.2, -0.15) is 0 Å². The molecule has 0 atom stereocenters. The van der Waals surface area contributed by atoms with E-state index in [0.717, 1.165) is 28.8 Å². The molecule has 0 aromatic heterocycles. The lowest BCUT2D eigenvalue weighted by atomic mass is 9.93. The van der Waals surface area contributed by atoms with E-state index in [2.05, 4.69) is 54.1 Å². The highest BCUT2D eigenvalue weighted by Gasteiger charge is 2.18. The van der Waals surface area contributed by atoms with E-state index in [-0.39, 0.29) is 5.41 Å². The topological polar surface area (TPSA) is 41.3 Å². The fourth-order valence-electron chi connectivity index (χ4n) is 2.08. The van der Waals surface area contributed by atoms with Gasteiger partial charge in [0, 0.05) is 28.8 Å². The zero-order valence-electron chi connectivity index (χ0n) is 12.0. The van der Waals surface area contributed by atoms with Gasteiger partial charge < -0.3 is 16.0 Å². The molecule has 1 rings (SSSR count). The van der Waals surface area contributed by atoms with Crippen LogP contribution in [-0.4, -0.2) is 37.1 Å². The number of halogens is 1.